The molecule has 5 heteroatoms. The summed E-state index contributed by atoms with van der Waals surface area (Å²) in [6.45, 7) is 4.52. The number of nitrogens with one attached hydrogen (secondary N) is 1. The molecule has 1 atom stereocenters. The van der Waals surface area contributed by atoms with Crippen LogP contribution in [-0.2, 0) is 9.59 Å². The van der Waals surface area contributed by atoms with Crippen LogP contribution in [-0.4, -0.2) is 37.6 Å². The summed E-state index contributed by atoms with van der Waals surface area (Å²) >= 11 is 0. The zero-order valence-electron chi connectivity index (χ0n) is 12.3. The van der Waals surface area contributed by atoms with Crippen LogP contribution in [0.5, 0.6) is 5.75 Å². The monoisotopic (exact) mass is 289 g/mol. The molecule has 0 aliphatic carbocycles. The number of carbonyl (C=O) groups excluding carboxylic acids is 2. The molecule has 2 saturated heterocycles. The quantitative estimate of drug-likeness (QED) is 0.816. The lowest BCUT2D eigenvalue weighted by Gasteiger charge is -2.19. The smallest absolute Gasteiger partial charge is 0.292 e. The predicted molar refractivity (Wildman–Crippen MR) is 78.4 cm³/mol. The van der Waals surface area contributed by atoms with E-state index in [4.69, 9.17) is 4.74 Å². The first-order valence-electron chi connectivity index (χ1n) is 7.65. The molecule has 2 amide bonds. The Morgan fingerprint density at radius 3 is 2.48 bits per heavy atom. The van der Waals surface area contributed by atoms with Gasteiger partial charge in [-0.1, -0.05) is 0 Å². The molecule has 1 aromatic carbocycles. The van der Waals surface area contributed by atoms with Crippen molar-refractivity contribution in [1.29, 1.82) is 0 Å². The lowest BCUT2D eigenvalue weighted by Crippen LogP contribution is -3.14. The molecule has 3 rings (SSSR count). The second kappa shape index (κ2) is 5.85. The van der Waals surface area contributed by atoms with Crippen LogP contribution in [0.3, 0.4) is 0 Å². The van der Waals surface area contributed by atoms with E-state index in [9.17, 15) is 9.59 Å². The second-order valence-corrected chi connectivity index (χ2v) is 5.62. The van der Waals surface area contributed by atoms with Crippen LogP contribution in [0.25, 0.3) is 0 Å². The second-order valence-electron chi connectivity index (χ2n) is 5.62. The van der Waals surface area contributed by atoms with Crippen molar-refractivity contribution in [3.8, 4) is 5.75 Å². The maximum absolute atomic E-state index is 12.6. The number of amides is 2. The third kappa shape index (κ3) is 2.65. The standard InChI is InChI=1S/C16H20N2O3/c1-2-21-13-7-5-12(6-8-13)18-15(19)11-14(16(18)20)17-9-3-4-10-17/h5-8,14H,2-4,9-11H2,1H3/p+1/t14-/m0/s1. The Labute approximate surface area is 124 Å². The highest BCUT2D eigenvalue weighted by molar-refractivity contribution is 6.21. The number of anilines is 1. The maximum Gasteiger partial charge on any atom is 0.292 e. The molecule has 2 heterocycles. The van der Waals surface area contributed by atoms with E-state index in [1.54, 1.807) is 24.3 Å². The minimum atomic E-state index is -0.188. The summed E-state index contributed by atoms with van der Waals surface area (Å²) in [5.41, 5.74) is 0.648. The summed E-state index contributed by atoms with van der Waals surface area (Å²) < 4.78 is 5.39. The fraction of sp³-hybridized carbons (Fsp3) is 0.500. The average Bonchev–Trinajstić information content (AvgIpc) is 3.09. The van der Waals surface area contributed by atoms with Gasteiger partial charge in [0.1, 0.15) is 5.75 Å². The van der Waals surface area contributed by atoms with Gasteiger partial charge in [-0.3, -0.25) is 9.59 Å². The van der Waals surface area contributed by atoms with E-state index in [0.717, 1.165) is 31.7 Å². The first kappa shape index (κ1) is 14.1. The summed E-state index contributed by atoms with van der Waals surface area (Å²) in [5.74, 6) is 0.608. The highest BCUT2D eigenvalue weighted by atomic mass is 16.5. The van der Waals surface area contributed by atoms with Crippen molar-refractivity contribution in [2.45, 2.75) is 32.2 Å². The Morgan fingerprint density at radius 2 is 1.86 bits per heavy atom. The van der Waals surface area contributed by atoms with Crippen molar-refractivity contribution in [2.24, 2.45) is 0 Å². The van der Waals surface area contributed by atoms with Crippen molar-refractivity contribution in [2.75, 3.05) is 24.6 Å². The number of hydrogen-bond donors (Lipinski definition) is 1. The molecular weight excluding hydrogens is 268 g/mol. The van der Waals surface area contributed by atoms with Crippen molar-refractivity contribution in [1.82, 2.24) is 0 Å². The van der Waals surface area contributed by atoms with E-state index in [1.807, 2.05) is 6.92 Å². The fourth-order valence-corrected chi connectivity index (χ4v) is 3.26. The molecule has 0 spiro atoms. The Morgan fingerprint density at radius 1 is 1.19 bits per heavy atom. The van der Waals surface area contributed by atoms with Gasteiger partial charge in [0, 0.05) is 12.8 Å². The number of quaternary nitrogens is 1. The molecule has 1 N–H and O–H groups in total. The number of likely N-dealkylation sites (tertiary alicyclic amines) is 1. The van der Waals surface area contributed by atoms with E-state index in [1.165, 1.54) is 9.80 Å². The molecule has 0 bridgehead atoms. The number of rotatable bonds is 4. The summed E-state index contributed by atoms with van der Waals surface area (Å²) in [6, 6.07) is 6.97. The van der Waals surface area contributed by atoms with Crippen LogP contribution < -0.4 is 14.5 Å². The molecule has 2 aliphatic heterocycles. The summed E-state index contributed by atoms with van der Waals surface area (Å²) in [4.78, 5) is 27.4. The number of carbonyl (C=O) groups is 2. The SMILES string of the molecule is CCOc1ccc(N2C(=O)C[C@H]([NH+]3CCCC3)C2=O)cc1. The highest BCUT2D eigenvalue weighted by Gasteiger charge is 2.46. The number of imide groups is 1. The Balaban J connectivity index is 1.78. The molecule has 21 heavy (non-hydrogen) atoms. The normalized spacial score (nSPS) is 23.1. The Hall–Kier alpha value is -1.88. The van der Waals surface area contributed by atoms with Crippen LogP contribution in [0.4, 0.5) is 5.69 Å². The number of benzene rings is 1. The number of ether oxygens (including phenoxy) is 1. The molecule has 0 saturated carbocycles. The fourth-order valence-electron chi connectivity index (χ4n) is 3.26. The molecular formula is C16H21N2O3+. The Kier molecular flexibility index (Phi) is 3.92. The van der Waals surface area contributed by atoms with Gasteiger partial charge < -0.3 is 9.64 Å². The largest absolute Gasteiger partial charge is 0.494 e. The number of hydrogen-bond acceptors (Lipinski definition) is 3. The van der Waals surface area contributed by atoms with E-state index >= 15 is 0 Å². The third-order valence-electron chi connectivity index (χ3n) is 4.29. The predicted octanol–water partition coefficient (Wildman–Crippen LogP) is 0.396. The molecule has 0 radical (unpaired) electrons. The third-order valence-corrected chi connectivity index (χ3v) is 4.29. The van der Waals surface area contributed by atoms with Gasteiger partial charge in [-0.05, 0) is 31.2 Å². The summed E-state index contributed by atoms with van der Waals surface area (Å²) in [7, 11) is 0. The van der Waals surface area contributed by atoms with Gasteiger partial charge in [0.15, 0.2) is 6.04 Å². The molecule has 1 aromatic rings. The zero-order valence-corrected chi connectivity index (χ0v) is 12.3. The van der Waals surface area contributed by atoms with Crippen molar-refractivity contribution < 1.29 is 19.2 Å². The molecule has 2 fully saturated rings. The lowest BCUT2D eigenvalue weighted by molar-refractivity contribution is -0.902. The first-order valence-corrected chi connectivity index (χ1v) is 7.65. The van der Waals surface area contributed by atoms with Gasteiger partial charge >= 0.3 is 0 Å². The van der Waals surface area contributed by atoms with Gasteiger partial charge in [0.25, 0.3) is 5.91 Å². The van der Waals surface area contributed by atoms with Crippen molar-refractivity contribution >= 4 is 17.5 Å². The van der Waals surface area contributed by atoms with E-state index in [0.29, 0.717) is 18.7 Å². The van der Waals surface area contributed by atoms with Crippen molar-refractivity contribution in [3.63, 3.8) is 0 Å². The zero-order chi connectivity index (χ0) is 14.8. The van der Waals surface area contributed by atoms with Crippen LogP contribution in [0.1, 0.15) is 26.2 Å². The lowest BCUT2D eigenvalue weighted by atomic mass is 10.2. The van der Waals surface area contributed by atoms with Crippen LogP contribution >= 0.6 is 0 Å². The molecule has 2 aliphatic rings. The van der Waals surface area contributed by atoms with E-state index < -0.39 is 0 Å². The molecule has 5 nitrogen and oxygen atoms in total. The van der Waals surface area contributed by atoms with Crippen molar-refractivity contribution in [3.05, 3.63) is 24.3 Å². The van der Waals surface area contributed by atoms with Crippen LogP contribution in [0.15, 0.2) is 24.3 Å². The van der Waals surface area contributed by atoms with Crippen LogP contribution in [0.2, 0.25) is 0 Å². The van der Waals surface area contributed by atoms with E-state index in [-0.39, 0.29) is 17.9 Å². The van der Waals surface area contributed by atoms with E-state index in [2.05, 4.69) is 0 Å². The first-order chi connectivity index (χ1) is 10.2. The van der Waals surface area contributed by atoms with Gasteiger partial charge in [0.2, 0.25) is 5.91 Å². The van der Waals surface area contributed by atoms with Gasteiger partial charge in [-0.15, -0.1) is 0 Å². The maximum atomic E-state index is 12.6. The van der Waals surface area contributed by atoms with Gasteiger partial charge in [-0.25, -0.2) is 4.90 Å². The molecule has 112 valence electrons. The Bertz CT molecular complexity index is 535. The van der Waals surface area contributed by atoms with Gasteiger partial charge in [-0.2, -0.15) is 0 Å². The van der Waals surface area contributed by atoms with Crippen LogP contribution in [0, 0.1) is 0 Å². The van der Waals surface area contributed by atoms with Gasteiger partial charge in [0.05, 0.1) is 31.8 Å². The average molecular weight is 289 g/mol. The highest BCUT2D eigenvalue weighted by Crippen LogP contribution is 2.24. The topological polar surface area (TPSA) is 51.0 Å². The molecule has 0 aromatic heterocycles. The molecule has 0 unspecified atom stereocenters. The number of nitrogens with zero attached hydrogens (tertiary/aromatic N) is 1. The summed E-state index contributed by atoms with van der Waals surface area (Å²) in [5, 5.41) is 0. The minimum Gasteiger partial charge on any atom is -0.494 e. The minimum absolute atomic E-state index is 0.0546. The summed E-state index contributed by atoms with van der Waals surface area (Å²) in [6.07, 6.45) is 2.63.